The van der Waals surface area contributed by atoms with Crippen molar-refractivity contribution in [1.82, 2.24) is 10.0 Å². The van der Waals surface area contributed by atoms with Crippen molar-refractivity contribution in [2.45, 2.75) is 38.1 Å². The monoisotopic (exact) mass is 232 g/mol. The molecule has 2 aliphatic rings. The number of hydrogen-bond donors (Lipinski definition) is 2. The van der Waals surface area contributed by atoms with Crippen molar-refractivity contribution < 1.29 is 8.42 Å². The van der Waals surface area contributed by atoms with Crippen LogP contribution in [0.4, 0.5) is 0 Å². The zero-order valence-electron chi connectivity index (χ0n) is 9.04. The maximum absolute atomic E-state index is 11.8. The van der Waals surface area contributed by atoms with Crippen molar-refractivity contribution in [2.24, 2.45) is 5.92 Å². The molecular weight excluding hydrogens is 212 g/mol. The summed E-state index contributed by atoms with van der Waals surface area (Å²) in [5, 5.41) is 3.20. The van der Waals surface area contributed by atoms with Gasteiger partial charge in [0.1, 0.15) is 0 Å². The van der Waals surface area contributed by atoms with E-state index in [2.05, 4.69) is 10.0 Å². The third-order valence-corrected chi connectivity index (χ3v) is 4.92. The number of sulfonamides is 1. The van der Waals surface area contributed by atoms with Crippen LogP contribution in [0.1, 0.15) is 32.1 Å². The Bertz CT molecular complexity index is 267. The minimum atomic E-state index is -3.04. The van der Waals surface area contributed by atoms with Crippen LogP contribution in [-0.2, 0) is 10.0 Å². The second-order valence-electron chi connectivity index (χ2n) is 4.74. The van der Waals surface area contributed by atoms with E-state index in [1.54, 1.807) is 0 Å². The molecule has 1 aliphatic carbocycles. The first kappa shape index (κ1) is 11.4. The van der Waals surface area contributed by atoms with Crippen molar-refractivity contribution in [2.75, 3.05) is 18.8 Å². The Labute approximate surface area is 91.9 Å². The van der Waals surface area contributed by atoms with Crippen LogP contribution in [0.15, 0.2) is 0 Å². The van der Waals surface area contributed by atoms with Crippen molar-refractivity contribution in [3.8, 4) is 0 Å². The Balaban J connectivity index is 1.82. The molecule has 1 atom stereocenters. The van der Waals surface area contributed by atoms with E-state index < -0.39 is 10.0 Å². The number of rotatable bonds is 4. The molecule has 0 bridgehead atoms. The molecule has 0 aromatic carbocycles. The van der Waals surface area contributed by atoms with Crippen LogP contribution < -0.4 is 10.0 Å². The molecule has 0 amide bonds. The van der Waals surface area contributed by atoms with E-state index >= 15 is 0 Å². The summed E-state index contributed by atoms with van der Waals surface area (Å²) >= 11 is 0. The van der Waals surface area contributed by atoms with Crippen LogP contribution >= 0.6 is 0 Å². The maximum Gasteiger partial charge on any atom is 0.212 e. The first-order valence-corrected chi connectivity index (χ1v) is 7.52. The lowest BCUT2D eigenvalue weighted by Crippen LogP contribution is -2.36. The van der Waals surface area contributed by atoms with Gasteiger partial charge in [-0.25, -0.2) is 13.1 Å². The van der Waals surface area contributed by atoms with E-state index in [0.717, 1.165) is 45.2 Å². The van der Waals surface area contributed by atoms with E-state index in [9.17, 15) is 8.42 Å². The second-order valence-corrected chi connectivity index (χ2v) is 6.54. The molecule has 0 aromatic heterocycles. The smallest absolute Gasteiger partial charge is 0.212 e. The molecule has 1 aliphatic heterocycles. The average molecular weight is 232 g/mol. The SMILES string of the molecule is O=S(=O)(CC1CCNC1)NC1CCCC1. The zero-order chi connectivity index (χ0) is 10.7. The largest absolute Gasteiger partial charge is 0.316 e. The third-order valence-electron chi connectivity index (χ3n) is 3.32. The molecule has 1 heterocycles. The normalized spacial score (nSPS) is 28.7. The highest BCUT2D eigenvalue weighted by Gasteiger charge is 2.25. The van der Waals surface area contributed by atoms with E-state index in [1.807, 2.05) is 0 Å². The van der Waals surface area contributed by atoms with Gasteiger partial charge in [-0.15, -0.1) is 0 Å². The highest BCUT2D eigenvalue weighted by atomic mass is 32.2. The minimum absolute atomic E-state index is 0.212. The summed E-state index contributed by atoms with van der Waals surface area (Å²) in [5.41, 5.74) is 0. The van der Waals surface area contributed by atoms with Gasteiger partial charge in [0.15, 0.2) is 0 Å². The Morgan fingerprint density at radius 2 is 1.93 bits per heavy atom. The summed E-state index contributed by atoms with van der Waals surface area (Å²) < 4.78 is 26.4. The fourth-order valence-corrected chi connectivity index (χ4v) is 4.26. The first-order chi connectivity index (χ1) is 7.16. The summed E-state index contributed by atoms with van der Waals surface area (Å²) in [6, 6.07) is 0.212. The fraction of sp³-hybridized carbons (Fsp3) is 1.00. The van der Waals surface area contributed by atoms with Gasteiger partial charge in [0, 0.05) is 6.04 Å². The molecule has 2 rings (SSSR count). The Morgan fingerprint density at radius 1 is 1.20 bits per heavy atom. The van der Waals surface area contributed by atoms with Gasteiger partial charge < -0.3 is 5.32 Å². The molecule has 1 saturated heterocycles. The predicted molar refractivity (Wildman–Crippen MR) is 60.2 cm³/mol. The predicted octanol–water partition coefficient (Wildman–Crippen LogP) is 0.458. The zero-order valence-corrected chi connectivity index (χ0v) is 9.85. The number of hydrogen-bond acceptors (Lipinski definition) is 3. The standard InChI is InChI=1S/C10H20N2O2S/c13-15(14,8-9-5-6-11-7-9)12-10-3-1-2-4-10/h9-12H,1-8H2. The molecule has 2 N–H and O–H groups in total. The Hall–Kier alpha value is -0.130. The summed E-state index contributed by atoms with van der Waals surface area (Å²) in [6.45, 7) is 1.81. The van der Waals surface area contributed by atoms with Crippen LogP contribution in [0.2, 0.25) is 0 Å². The molecule has 2 fully saturated rings. The van der Waals surface area contributed by atoms with Gasteiger partial charge in [-0.3, -0.25) is 0 Å². The van der Waals surface area contributed by atoms with Gasteiger partial charge in [-0.1, -0.05) is 12.8 Å². The van der Waals surface area contributed by atoms with E-state index in [0.29, 0.717) is 11.7 Å². The quantitative estimate of drug-likeness (QED) is 0.740. The summed E-state index contributed by atoms with van der Waals surface area (Å²) in [7, 11) is -3.04. The van der Waals surface area contributed by atoms with Crippen molar-refractivity contribution >= 4 is 10.0 Å². The lowest BCUT2D eigenvalue weighted by molar-refractivity contribution is 0.534. The number of nitrogens with one attached hydrogen (secondary N) is 2. The second kappa shape index (κ2) is 4.80. The van der Waals surface area contributed by atoms with Gasteiger partial charge in [0.05, 0.1) is 5.75 Å². The molecule has 1 unspecified atom stereocenters. The van der Waals surface area contributed by atoms with Crippen molar-refractivity contribution in [1.29, 1.82) is 0 Å². The van der Waals surface area contributed by atoms with Crippen LogP contribution in [0.5, 0.6) is 0 Å². The van der Waals surface area contributed by atoms with Crippen molar-refractivity contribution in [3.63, 3.8) is 0 Å². The van der Waals surface area contributed by atoms with E-state index in [1.165, 1.54) is 0 Å². The first-order valence-electron chi connectivity index (χ1n) is 5.86. The minimum Gasteiger partial charge on any atom is -0.316 e. The molecule has 0 spiro atoms. The molecule has 4 nitrogen and oxygen atoms in total. The van der Waals surface area contributed by atoms with Gasteiger partial charge in [0.25, 0.3) is 0 Å². The van der Waals surface area contributed by atoms with Crippen LogP contribution in [0.25, 0.3) is 0 Å². The molecule has 0 radical (unpaired) electrons. The van der Waals surface area contributed by atoms with Gasteiger partial charge in [-0.05, 0) is 38.3 Å². The van der Waals surface area contributed by atoms with E-state index in [4.69, 9.17) is 0 Å². The Kier molecular flexibility index (Phi) is 3.64. The topological polar surface area (TPSA) is 58.2 Å². The highest BCUT2D eigenvalue weighted by molar-refractivity contribution is 7.89. The van der Waals surface area contributed by atoms with Crippen LogP contribution in [0.3, 0.4) is 0 Å². The molecule has 1 saturated carbocycles. The maximum atomic E-state index is 11.8. The molecule has 0 aromatic rings. The van der Waals surface area contributed by atoms with Gasteiger partial charge >= 0.3 is 0 Å². The van der Waals surface area contributed by atoms with Crippen LogP contribution in [-0.4, -0.2) is 33.3 Å². The summed E-state index contributed by atoms with van der Waals surface area (Å²) in [6.07, 6.45) is 5.35. The van der Waals surface area contributed by atoms with E-state index in [-0.39, 0.29) is 6.04 Å². The lowest BCUT2D eigenvalue weighted by Gasteiger charge is -2.14. The summed E-state index contributed by atoms with van der Waals surface area (Å²) in [5.74, 6) is 0.611. The molecule has 15 heavy (non-hydrogen) atoms. The summed E-state index contributed by atoms with van der Waals surface area (Å²) in [4.78, 5) is 0. The van der Waals surface area contributed by atoms with Crippen LogP contribution in [0, 0.1) is 5.92 Å². The lowest BCUT2D eigenvalue weighted by atomic mass is 10.2. The fourth-order valence-electron chi connectivity index (χ4n) is 2.51. The van der Waals surface area contributed by atoms with Crippen molar-refractivity contribution in [3.05, 3.63) is 0 Å². The highest BCUT2D eigenvalue weighted by Crippen LogP contribution is 2.19. The van der Waals surface area contributed by atoms with Gasteiger partial charge in [0.2, 0.25) is 10.0 Å². The third kappa shape index (κ3) is 3.43. The Morgan fingerprint density at radius 3 is 2.53 bits per heavy atom. The molecule has 88 valence electrons. The molecular formula is C10H20N2O2S. The average Bonchev–Trinajstić information content (AvgIpc) is 2.75. The molecule has 5 heteroatoms. The van der Waals surface area contributed by atoms with Gasteiger partial charge in [-0.2, -0.15) is 0 Å².